The summed E-state index contributed by atoms with van der Waals surface area (Å²) in [7, 11) is 0. The number of likely N-dealkylation sites (tertiary alicyclic amines) is 1. The Morgan fingerprint density at radius 1 is 1.30 bits per heavy atom. The smallest absolute Gasteiger partial charge is 0.322 e. The van der Waals surface area contributed by atoms with Crippen molar-refractivity contribution in [2.45, 2.75) is 31.2 Å². The van der Waals surface area contributed by atoms with Crippen LogP contribution in [0.1, 0.15) is 25.7 Å². The lowest BCUT2D eigenvalue weighted by atomic mass is 9.88. The maximum Gasteiger partial charge on any atom is 0.322 e. The van der Waals surface area contributed by atoms with Crippen molar-refractivity contribution in [3.63, 3.8) is 0 Å². The third kappa shape index (κ3) is 2.63. The van der Waals surface area contributed by atoms with Crippen LogP contribution in [0.15, 0.2) is 0 Å². The second-order valence-corrected chi connectivity index (χ2v) is 5.95. The molecule has 7 nitrogen and oxygen atoms in total. The summed E-state index contributed by atoms with van der Waals surface area (Å²) in [5.41, 5.74) is -0.796. The topological polar surface area (TPSA) is 90.5 Å². The van der Waals surface area contributed by atoms with Gasteiger partial charge in [-0.1, -0.05) is 0 Å². The Hall–Kier alpha value is -1.63. The van der Waals surface area contributed by atoms with Gasteiger partial charge < -0.3 is 15.5 Å². The molecule has 2 aliphatic heterocycles. The Labute approximate surface area is 117 Å². The molecule has 0 atom stereocenters. The highest BCUT2D eigenvalue weighted by atomic mass is 16.2. The van der Waals surface area contributed by atoms with E-state index >= 15 is 0 Å². The molecule has 7 heteroatoms. The van der Waals surface area contributed by atoms with E-state index in [1.807, 2.05) is 0 Å². The van der Waals surface area contributed by atoms with E-state index in [0.717, 1.165) is 12.5 Å². The van der Waals surface area contributed by atoms with E-state index < -0.39 is 11.6 Å². The van der Waals surface area contributed by atoms with Gasteiger partial charge in [-0.3, -0.25) is 14.9 Å². The molecule has 0 aromatic heterocycles. The van der Waals surface area contributed by atoms with E-state index in [0.29, 0.717) is 32.5 Å². The zero-order valence-electron chi connectivity index (χ0n) is 11.4. The number of carbonyl (C=O) groups is 3. The number of hydrogen-bond acceptors (Lipinski definition) is 4. The van der Waals surface area contributed by atoms with Crippen molar-refractivity contribution >= 4 is 17.8 Å². The number of imide groups is 1. The summed E-state index contributed by atoms with van der Waals surface area (Å²) >= 11 is 0. The van der Waals surface area contributed by atoms with Crippen molar-refractivity contribution < 1.29 is 14.4 Å². The molecule has 20 heavy (non-hydrogen) atoms. The van der Waals surface area contributed by atoms with E-state index in [-0.39, 0.29) is 11.8 Å². The molecule has 1 aliphatic carbocycles. The maximum atomic E-state index is 12.0. The van der Waals surface area contributed by atoms with Crippen LogP contribution in [0.25, 0.3) is 0 Å². The maximum absolute atomic E-state index is 12.0. The Bertz CT molecular complexity index is 439. The summed E-state index contributed by atoms with van der Waals surface area (Å²) < 4.78 is 0. The number of piperidine rings is 1. The van der Waals surface area contributed by atoms with Crippen molar-refractivity contribution in [3.05, 3.63) is 0 Å². The zero-order valence-corrected chi connectivity index (χ0v) is 11.4. The van der Waals surface area contributed by atoms with Gasteiger partial charge in [0.15, 0.2) is 0 Å². The third-order valence-electron chi connectivity index (χ3n) is 4.39. The van der Waals surface area contributed by atoms with Crippen LogP contribution < -0.4 is 16.0 Å². The fourth-order valence-corrected chi connectivity index (χ4v) is 2.83. The van der Waals surface area contributed by atoms with Crippen LogP contribution in [0.3, 0.4) is 0 Å². The first-order valence-corrected chi connectivity index (χ1v) is 7.21. The Kier molecular flexibility index (Phi) is 3.37. The Balaban J connectivity index is 1.46. The SMILES string of the molecule is O=C1NC(=O)C2(CCN(C(=O)CNCC3CC3)CC2)N1. The minimum absolute atomic E-state index is 0.0743. The van der Waals surface area contributed by atoms with E-state index in [4.69, 9.17) is 0 Å². The first-order valence-electron chi connectivity index (χ1n) is 7.21. The number of rotatable bonds is 4. The Morgan fingerprint density at radius 3 is 2.55 bits per heavy atom. The van der Waals surface area contributed by atoms with Crippen LogP contribution in [-0.4, -0.2) is 54.5 Å². The van der Waals surface area contributed by atoms with Crippen LogP contribution in [0.4, 0.5) is 4.79 Å². The molecule has 4 amide bonds. The van der Waals surface area contributed by atoms with Crippen LogP contribution in [-0.2, 0) is 9.59 Å². The molecule has 3 fully saturated rings. The van der Waals surface area contributed by atoms with Gasteiger partial charge in [-0.25, -0.2) is 4.79 Å². The van der Waals surface area contributed by atoms with Crippen molar-refractivity contribution in [2.24, 2.45) is 5.92 Å². The van der Waals surface area contributed by atoms with Gasteiger partial charge in [-0.05, 0) is 38.1 Å². The molecule has 0 radical (unpaired) electrons. The van der Waals surface area contributed by atoms with Gasteiger partial charge in [0.1, 0.15) is 5.54 Å². The highest BCUT2D eigenvalue weighted by molar-refractivity contribution is 6.07. The summed E-state index contributed by atoms with van der Waals surface area (Å²) in [5, 5.41) is 8.14. The molecular formula is C13H20N4O3. The number of nitrogens with one attached hydrogen (secondary N) is 3. The quantitative estimate of drug-likeness (QED) is 0.587. The van der Waals surface area contributed by atoms with Crippen LogP contribution in [0.5, 0.6) is 0 Å². The molecule has 1 saturated carbocycles. The van der Waals surface area contributed by atoms with Gasteiger partial charge in [0, 0.05) is 13.1 Å². The molecule has 1 spiro atoms. The molecule has 0 bridgehead atoms. The van der Waals surface area contributed by atoms with Gasteiger partial charge in [0.05, 0.1) is 6.54 Å². The molecule has 2 saturated heterocycles. The van der Waals surface area contributed by atoms with E-state index in [9.17, 15) is 14.4 Å². The molecular weight excluding hydrogens is 260 g/mol. The lowest BCUT2D eigenvalue weighted by Crippen LogP contribution is -2.56. The van der Waals surface area contributed by atoms with Crippen molar-refractivity contribution in [3.8, 4) is 0 Å². The summed E-state index contributed by atoms with van der Waals surface area (Å²) in [6, 6.07) is -0.430. The molecule has 3 N–H and O–H groups in total. The third-order valence-corrected chi connectivity index (χ3v) is 4.39. The predicted octanol–water partition coefficient (Wildman–Crippen LogP) is -0.813. The first kappa shape index (κ1) is 13.4. The van der Waals surface area contributed by atoms with E-state index in [1.54, 1.807) is 4.90 Å². The predicted molar refractivity (Wildman–Crippen MR) is 70.8 cm³/mol. The van der Waals surface area contributed by atoms with Gasteiger partial charge in [-0.15, -0.1) is 0 Å². The van der Waals surface area contributed by atoms with Crippen molar-refractivity contribution in [2.75, 3.05) is 26.2 Å². The number of amides is 4. The molecule has 110 valence electrons. The molecule has 3 rings (SSSR count). The molecule has 2 heterocycles. The van der Waals surface area contributed by atoms with Crippen LogP contribution in [0.2, 0.25) is 0 Å². The zero-order chi connectivity index (χ0) is 14.2. The monoisotopic (exact) mass is 280 g/mol. The summed E-state index contributed by atoms with van der Waals surface area (Å²) in [6.07, 6.45) is 3.50. The Morgan fingerprint density at radius 2 is 2.00 bits per heavy atom. The van der Waals surface area contributed by atoms with E-state index in [1.165, 1.54) is 12.8 Å². The normalized spacial score (nSPS) is 24.7. The number of carbonyl (C=O) groups excluding carboxylic acids is 3. The standard InChI is InChI=1S/C13H20N4O3/c18-10(8-14-7-9-1-2-9)17-5-3-13(4-6-17)11(19)15-12(20)16-13/h9,14H,1-8H2,(H2,15,16,19,20). The number of urea groups is 1. The van der Waals surface area contributed by atoms with Crippen molar-refractivity contribution in [1.29, 1.82) is 0 Å². The lowest BCUT2D eigenvalue weighted by molar-refractivity contribution is -0.135. The summed E-state index contributed by atoms with van der Waals surface area (Å²) in [6.45, 7) is 2.30. The molecule has 3 aliphatic rings. The van der Waals surface area contributed by atoms with E-state index in [2.05, 4.69) is 16.0 Å². The number of hydrogen-bond donors (Lipinski definition) is 3. The van der Waals surface area contributed by atoms with Gasteiger partial charge in [-0.2, -0.15) is 0 Å². The fourth-order valence-electron chi connectivity index (χ4n) is 2.83. The fraction of sp³-hybridized carbons (Fsp3) is 0.769. The van der Waals surface area contributed by atoms with Gasteiger partial charge in [0.25, 0.3) is 5.91 Å². The summed E-state index contributed by atoms with van der Waals surface area (Å²) in [4.78, 5) is 36.8. The highest BCUT2D eigenvalue weighted by Crippen LogP contribution is 2.27. The second-order valence-electron chi connectivity index (χ2n) is 5.95. The van der Waals surface area contributed by atoms with Crippen LogP contribution >= 0.6 is 0 Å². The first-order chi connectivity index (χ1) is 9.59. The molecule has 0 aromatic rings. The molecule has 0 aromatic carbocycles. The number of nitrogens with zero attached hydrogens (tertiary/aromatic N) is 1. The van der Waals surface area contributed by atoms with Gasteiger partial charge >= 0.3 is 6.03 Å². The average molecular weight is 280 g/mol. The van der Waals surface area contributed by atoms with Crippen molar-refractivity contribution in [1.82, 2.24) is 20.9 Å². The average Bonchev–Trinajstić information content (AvgIpc) is 3.18. The van der Waals surface area contributed by atoms with Gasteiger partial charge in [0.2, 0.25) is 5.91 Å². The van der Waals surface area contributed by atoms with Crippen LogP contribution in [0, 0.1) is 5.92 Å². The molecule has 0 unspecified atom stereocenters. The minimum atomic E-state index is -0.796. The highest BCUT2D eigenvalue weighted by Gasteiger charge is 2.48. The largest absolute Gasteiger partial charge is 0.341 e. The minimum Gasteiger partial charge on any atom is -0.341 e. The summed E-state index contributed by atoms with van der Waals surface area (Å²) in [5.74, 6) is 0.566. The second kappa shape index (κ2) is 5.05. The lowest BCUT2D eigenvalue weighted by Gasteiger charge is -2.37.